The van der Waals surface area contributed by atoms with E-state index in [2.05, 4.69) is 22.0 Å². The second-order valence-corrected chi connectivity index (χ2v) is 10.4. The van der Waals surface area contributed by atoms with E-state index in [-0.39, 0.29) is 5.91 Å². The first kappa shape index (κ1) is 23.3. The summed E-state index contributed by atoms with van der Waals surface area (Å²) < 4.78 is 7.39. The van der Waals surface area contributed by atoms with E-state index in [4.69, 9.17) is 10.3 Å². The Morgan fingerprint density at radius 3 is 2.66 bits per heavy atom. The summed E-state index contributed by atoms with van der Waals surface area (Å²) >= 11 is 0. The lowest BCUT2D eigenvalue weighted by Gasteiger charge is -2.24. The SMILES string of the molecule is C[C@H](O)c1nccn1Cc1cc(-c2ccc(C#CC3[C@H]4CN(C(=O)CC(C)(C)N)C[C@@H]34)cc2)on1. The Bertz CT molecular complexity index is 1260. The van der Waals surface area contributed by atoms with Crippen LogP contribution in [0.1, 0.15) is 50.4 Å². The molecule has 8 nitrogen and oxygen atoms in total. The van der Waals surface area contributed by atoms with Gasteiger partial charge in [0.2, 0.25) is 5.91 Å². The van der Waals surface area contributed by atoms with Gasteiger partial charge in [0.1, 0.15) is 17.6 Å². The molecule has 1 saturated carbocycles. The molecule has 35 heavy (non-hydrogen) atoms. The Kier molecular flexibility index (Phi) is 5.99. The number of amides is 1. The summed E-state index contributed by atoms with van der Waals surface area (Å²) in [5.74, 6) is 9.48. The van der Waals surface area contributed by atoms with Crippen LogP contribution in [0.4, 0.5) is 0 Å². The Morgan fingerprint density at radius 2 is 2.00 bits per heavy atom. The number of carbonyl (C=O) groups is 1. The fraction of sp³-hybridized carbons (Fsp3) is 0.444. The molecule has 2 fully saturated rings. The maximum Gasteiger partial charge on any atom is 0.224 e. The molecule has 4 atom stereocenters. The summed E-state index contributed by atoms with van der Waals surface area (Å²) in [6.45, 7) is 7.53. The van der Waals surface area contributed by atoms with Crippen molar-refractivity contribution in [3.05, 3.63) is 59.8 Å². The Labute approximate surface area is 205 Å². The number of hydrogen-bond donors (Lipinski definition) is 2. The van der Waals surface area contributed by atoms with Gasteiger partial charge in [0.05, 0.1) is 6.54 Å². The van der Waals surface area contributed by atoms with Gasteiger partial charge < -0.3 is 24.8 Å². The zero-order valence-corrected chi connectivity index (χ0v) is 20.3. The molecule has 1 aliphatic carbocycles. The Hall–Kier alpha value is -3.41. The van der Waals surface area contributed by atoms with Crippen molar-refractivity contribution < 1.29 is 14.4 Å². The normalized spacial score (nSPS) is 21.9. The van der Waals surface area contributed by atoms with Crippen molar-refractivity contribution in [2.24, 2.45) is 23.5 Å². The quantitative estimate of drug-likeness (QED) is 0.533. The third-order valence-corrected chi connectivity index (χ3v) is 6.72. The van der Waals surface area contributed by atoms with Gasteiger partial charge in [0.25, 0.3) is 0 Å². The monoisotopic (exact) mass is 473 g/mol. The van der Waals surface area contributed by atoms with E-state index in [0.717, 1.165) is 29.9 Å². The number of likely N-dealkylation sites (tertiary alicyclic amines) is 1. The predicted molar refractivity (Wildman–Crippen MR) is 131 cm³/mol. The van der Waals surface area contributed by atoms with Gasteiger partial charge in [-0.25, -0.2) is 4.98 Å². The predicted octanol–water partition coefficient (Wildman–Crippen LogP) is 2.82. The number of aliphatic hydroxyl groups is 1. The number of benzene rings is 1. The van der Waals surface area contributed by atoms with Gasteiger partial charge in [0, 0.05) is 60.6 Å². The largest absolute Gasteiger partial charge is 0.385 e. The summed E-state index contributed by atoms with van der Waals surface area (Å²) in [6.07, 6.45) is 3.21. The van der Waals surface area contributed by atoms with Gasteiger partial charge in [-0.3, -0.25) is 4.79 Å². The number of nitrogens with two attached hydrogens (primary N) is 1. The van der Waals surface area contributed by atoms with Gasteiger partial charge in [0.15, 0.2) is 5.76 Å². The molecule has 0 radical (unpaired) electrons. The fourth-order valence-electron chi connectivity index (χ4n) is 4.85. The van der Waals surface area contributed by atoms with Crippen molar-refractivity contribution in [1.29, 1.82) is 0 Å². The molecule has 5 rings (SSSR count). The summed E-state index contributed by atoms with van der Waals surface area (Å²) in [6, 6.07) is 9.84. The summed E-state index contributed by atoms with van der Waals surface area (Å²) in [5.41, 5.74) is 8.16. The van der Waals surface area contributed by atoms with Gasteiger partial charge in [-0.15, -0.1) is 0 Å². The van der Waals surface area contributed by atoms with Crippen LogP contribution in [0.3, 0.4) is 0 Å². The van der Waals surface area contributed by atoms with Crippen LogP contribution in [-0.2, 0) is 11.3 Å². The smallest absolute Gasteiger partial charge is 0.224 e. The van der Waals surface area contributed by atoms with Gasteiger partial charge in [-0.05, 0) is 56.9 Å². The van der Waals surface area contributed by atoms with Crippen molar-refractivity contribution >= 4 is 5.91 Å². The Balaban J connectivity index is 1.16. The second-order valence-electron chi connectivity index (χ2n) is 10.4. The van der Waals surface area contributed by atoms with E-state index in [1.165, 1.54) is 0 Å². The maximum atomic E-state index is 12.4. The number of fused-ring (bicyclic) bond motifs is 1. The van der Waals surface area contributed by atoms with Crippen LogP contribution in [0.5, 0.6) is 0 Å². The third-order valence-electron chi connectivity index (χ3n) is 6.72. The number of hydrogen-bond acceptors (Lipinski definition) is 6. The van der Waals surface area contributed by atoms with Crippen molar-refractivity contribution in [3.63, 3.8) is 0 Å². The molecule has 8 heteroatoms. The Morgan fingerprint density at radius 1 is 1.29 bits per heavy atom. The molecular weight excluding hydrogens is 442 g/mol. The highest BCUT2D eigenvalue weighted by Gasteiger charge is 2.56. The first-order chi connectivity index (χ1) is 16.7. The standard InChI is InChI=1S/C27H31N5O3/c1-17(33)26-29-10-11-31(26)14-20-12-24(35-30-20)19-7-4-18(5-8-19)6-9-21-22-15-32(16-23(21)22)25(34)13-27(2,3)28/h4-5,7-8,10-12,17,21-23,33H,13-16,28H2,1-3H3/t17-,21?,22-,23+/m0/s1. The number of piperidine rings is 1. The lowest BCUT2D eigenvalue weighted by atomic mass is 10.0. The second kappa shape index (κ2) is 8.99. The van der Waals surface area contributed by atoms with Crippen LogP contribution in [0.25, 0.3) is 11.3 Å². The highest BCUT2D eigenvalue weighted by Crippen LogP contribution is 2.51. The average Bonchev–Trinajstić information content (AvgIpc) is 3.29. The lowest BCUT2D eigenvalue weighted by Crippen LogP contribution is -2.41. The minimum atomic E-state index is -0.648. The van der Waals surface area contributed by atoms with E-state index in [0.29, 0.717) is 42.3 Å². The fourth-order valence-corrected chi connectivity index (χ4v) is 4.85. The highest BCUT2D eigenvalue weighted by molar-refractivity contribution is 5.78. The number of aromatic nitrogens is 3. The van der Waals surface area contributed by atoms with Crippen LogP contribution in [0, 0.1) is 29.6 Å². The molecule has 1 saturated heterocycles. The maximum absolute atomic E-state index is 12.4. The van der Waals surface area contributed by atoms with Crippen LogP contribution in [0.2, 0.25) is 0 Å². The number of aliphatic hydroxyl groups excluding tert-OH is 1. The molecule has 1 unspecified atom stereocenters. The number of nitrogens with zero attached hydrogens (tertiary/aromatic N) is 4. The molecule has 0 spiro atoms. The zero-order valence-electron chi connectivity index (χ0n) is 20.3. The molecule has 1 aliphatic heterocycles. The molecule has 3 aromatic rings. The van der Waals surface area contributed by atoms with E-state index < -0.39 is 11.6 Å². The molecule has 3 N–H and O–H groups in total. The van der Waals surface area contributed by atoms with Gasteiger partial charge in [-0.2, -0.15) is 0 Å². The molecule has 2 aliphatic rings. The molecule has 182 valence electrons. The van der Waals surface area contributed by atoms with Crippen LogP contribution in [0.15, 0.2) is 47.2 Å². The van der Waals surface area contributed by atoms with Crippen LogP contribution >= 0.6 is 0 Å². The zero-order chi connectivity index (χ0) is 24.7. The molecular formula is C27H31N5O3. The average molecular weight is 474 g/mol. The highest BCUT2D eigenvalue weighted by atomic mass is 16.5. The molecule has 3 heterocycles. The van der Waals surface area contributed by atoms with Crippen LogP contribution in [-0.4, -0.2) is 49.2 Å². The number of imidazole rings is 1. The molecule has 0 bridgehead atoms. The first-order valence-electron chi connectivity index (χ1n) is 12.0. The van der Waals surface area contributed by atoms with E-state index in [1.54, 1.807) is 13.1 Å². The van der Waals surface area contributed by atoms with E-state index in [1.807, 2.05) is 59.8 Å². The van der Waals surface area contributed by atoms with Crippen molar-refractivity contribution in [2.75, 3.05) is 13.1 Å². The van der Waals surface area contributed by atoms with Gasteiger partial charge in [-0.1, -0.05) is 17.0 Å². The lowest BCUT2D eigenvalue weighted by molar-refractivity contribution is -0.131. The molecule has 1 amide bonds. The number of rotatable bonds is 6. The summed E-state index contributed by atoms with van der Waals surface area (Å²) in [7, 11) is 0. The molecule has 1 aromatic carbocycles. The van der Waals surface area contributed by atoms with E-state index >= 15 is 0 Å². The molecule has 2 aromatic heterocycles. The summed E-state index contributed by atoms with van der Waals surface area (Å²) in [5, 5.41) is 14.0. The minimum absolute atomic E-state index is 0.149. The van der Waals surface area contributed by atoms with Gasteiger partial charge >= 0.3 is 0 Å². The van der Waals surface area contributed by atoms with Crippen molar-refractivity contribution in [1.82, 2.24) is 19.6 Å². The summed E-state index contributed by atoms with van der Waals surface area (Å²) in [4.78, 5) is 18.5. The first-order valence-corrected chi connectivity index (χ1v) is 12.0. The topological polar surface area (TPSA) is 110 Å². The number of carbonyl (C=O) groups excluding carboxylic acids is 1. The third kappa shape index (κ3) is 5.16. The van der Waals surface area contributed by atoms with Crippen molar-refractivity contribution in [3.8, 4) is 23.2 Å². The van der Waals surface area contributed by atoms with E-state index in [9.17, 15) is 9.90 Å². The minimum Gasteiger partial charge on any atom is -0.385 e. The van der Waals surface area contributed by atoms with Crippen molar-refractivity contribution in [2.45, 2.75) is 45.4 Å². The van der Waals surface area contributed by atoms with Crippen LogP contribution < -0.4 is 5.73 Å².